The van der Waals surface area contributed by atoms with Crippen molar-refractivity contribution < 1.29 is 57.0 Å². The van der Waals surface area contributed by atoms with Gasteiger partial charge in [0, 0.05) is 6.42 Å². The van der Waals surface area contributed by atoms with E-state index in [1.54, 1.807) is 0 Å². The fourth-order valence-corrected chi connectivity index (χ4v) is 8.45. The lowest BCUT2D eigenvalue weighted by atomic mass is 9.98. The summed E-state index contributed by atoms with van der Waals surface area (Å²) >= 11 is 0. The normalized spacial score (nSPS) is 21.2. The maximum absolute atomic E-state index is 13.1. The summed E-state index contributed by atoms with van der Waals surface area (Å²) in [5, 5.41) is 55.8. The van der Waals surface area contributed by atoms with E-state index in [9.17, 15) is 43.3 Å². The minimum Gasteiger partial charge on any atom is -0.394 e. The number of carbonyl (C=O) groups is 1. The minimum absolute atomic E-state index is 0.203. The Labute approximate surface area is 376 Å². The van der Waals surface area contributed by atoms with Crippen LogP contribution in [0, 0.1) is 0 Å². The zero-order valence-electron chi connectivity index (χ0n) is 38.8. The molecule has 62 heavy (non-hydrogen) atoms. The molecule has 1 heterocycles. The van der Waals surface area contributed by atoms with Crippen LogP contribution < -0.4 is 5.32 Å². The molecule has 1 aliphatic rings. The smallest absolute Gasteiger partial charge is 0.394 e. The van der Waals surface area contributed by atoms with Gasteiger partial charge in [0.05, 0.1) is 25.4 Å². The lowest BCUT2D eigenvalue weighted by molar-refractivity contribution is -0.299. The van der Waals surface area contributed by atoms with Gasteiger partial charge in [-0.3, -0.25) is 9.35 Å². The van der Waals surface area contributed by atoms with E-state index >= 15 is 0 Å². The van der Waals surface area contributed by atoms with Crippen molar-refractivity contribution in [2.45, 2.75) is 262 Å². The topological polar surface area (TPSA) is 212 Å². The highest BCUT2D eigenvalue weighted by Crippen LogP contribution is 2.26. The monoisotopic (exact) mass is 906 g/mol. The van der Waals surface area contributed by atoms with Crippen molar-refractivity contribution in [3.63, 3.8) is 0 Å². The number of unbranched alkanes of at least 4 members (excludes halogenated alkanes) is 25. The second kappa shape index (κ2) is 38.8. The molecule has 1 amide bonds. The zero-order chi connectivity index (χ0) is 45.7. The van der Waals surface area contributed by atoms with Crippen LogP contribution in [0.5, 0.6) is 0 Å². The number of hydrogen-bond acceptors (Lipinski definition) is 11. The molecule has 0 aromatic heterocycles. The highest BCUT2D eigenvalue weighted by atomic mass is 32.3. The van der Waals surface area contributed by atoms with Crippen molar-refractivity contribution in [2.75, 3.05) is 13.2 Å². The van der Waals surface area contributed by atoms with Crippen molar-refractivity contribution in [1.29, 1.82) is 0 Å². The third-order valence-electron chi connectivity index (χ3n) is 11.9. The SMILES string of the molecule is CCCCC/C=C\C/C=C\CCCCCCCCCCCCCC(=O)N[C@@H](CO[C@@H]1O[C@H](CO)[C@H](O)[C@H](OS(=O)(=O)O)[C@H]1O)[C@H](O)[C@H](O)CCCCCCCCCCCCCC. The van der Waals surface area contributed by atoms with Gasteiger partial charge in [0.15, 0.2) is 6.29 Å². The zero-order valence-corrected chi connectivity index (χ0v) is 39.6. The molecule has 0 bridgehead atoms. The molecule has 0 saturated carbocycles. The highest BCUT2D eigenvalue weighted by Gasteiger charge is 2.48. The predicted octanol–water partition coefficient (Wildman–Crippen LogP) is 9.08. The Bertz CT molecular complexity index is 1220. The van der Waals surface area contributed by atoms with E-state index in [1.807, 2.05) is 0 Å². The Morgan fingerprint density at radius 3 is 1.61 bits per heavy atom. The summed E-state index contributed by atoms with van der Waals surface area (Å²) in [5.41, 5.74) is 0. The molecular weight excluding hydrogens is 815 g/mol. The average Bonchev–Trinajstić information content (AvgIpc) is 3.24. The first-order valence-corrected chi connectivity index (χ1v) is 26.2. The van der Waals surface area contributed by atoms with E-state index in [1.165, 1.54) is 122 Å². The number of ether oxygens (including phenoxy) is 2. The molecule has 0 aromatic carbocycles. The van der Waals surface area contributed by atoms with Crippen LogP contribution in [0.3, 0.4) is 0 Å². The average molecular weight is 906 g/mol. The maximum atomic E-state index is 13.1. The van der Waals surface area contributed by atoms with Crippen molar-refractivity contribution in [3.8, 4) is 0 Å². The molecule has 0 unspecified atom stereocenters. The van der Waals surface area contributed by atoms with Crippen LogP contribution >= 0.6 is 0 Å². The third-order valence-corrected chi connectivity index (χ3v) is 12.3. The lowest BCUT2D eigenvalue weighted by Gasteiger charge is -2.41. The molecule has 1 rings (SSSR count). The van der Waals surface area contributed by atoms with Crippen molar-refractivity contribution >= 4 is 16.3 Å². The van der Waals surface area contributed by atoms with Crippen LogP contribution in [-0.2, 0) is 28.9 Å². The highest BCUT2D eigenvalue weighted by molar-refractivity contribution is 7.80. The Hall–Kier alpha value is -1.46. The van der Waals surface area contributed by atoms with E-state index in [0.717, 1.165) is 51.4 Å². The number of aliphatic hydroxyl groups excluding tert-OH is 5. The van der Waals surface area contributed by atoms with Crippen molar-refractivity contribution in [3.05, 3.63) is 24.3 Å². The first kappa shape index (κ1) is 58.6. The summed E-state index contributed by atoms with van der Waals surface area (Å²) in [6, 6.07) is -1.13. The third kappa shape index (κ3) is 30.6. The maximum Gasteiger partial charge on any atom is 0.397 e. The minimum atomic E-state index is -5.12. The summed E-state index contributed by atoms with van der Waals surface area (Å²) in [5.74, 6) is -0.346. The van der Waals surface area contributed by atoms with Gasteiger partial charge in [0.25, 0.3) is 0 Å². The standard InChI is InChI=1S/C48H91NO12S/c1-3-5-7-9-11-13-15-17-18-19-20-21-22-23-24-25-27-29-31-33-35-37-43(52)49-40(39-59-48-46(55)47(61-62(56,57)58)45(54)42(38-50)60-48)44(53)41(51)36-34-32-30-28-26-16-14-12-10-8-6-4-2/h11,13,17-18,40-42,44-48,50-51,53-55H,3-10,12,14-16,19-39H2,1-2H3,(H,49,52)(H,56,57,58)/b13-11-,18-17-/t40-,41+,42+,44-,45-,46+,47-,48+/m0/s1. The molecule has 1 saturated heterocycles. The van der Waals surface area contributed by atoms with Crippen molar-refractivity contribution in [1.82, 2.24) is 5.32 Å². The fraction of sp³-hybridized carbons (Fsp3) is 0.896. The molecule has 0 aromatic rings. The summed E-state index contributed by atoms with van der Waals surface area (Å²) in [6.45, 7) is 3.19. The second-order valence-electron chi connectivity index (χ2n) is 17.5. The van der Waals surface area contributed by atoms with E-state index in [2.05, 4.69) is 47.7 Å². The lowest BCUT2D eigenvalue weighted by Crippen LogP contribution is -2.61. The summed E-state index contributed by atoms with van der Waals surface area (Å²) in [6.07, 6.45) is 31.7. The van der Waals surface area contributed by atoms with E-state index in [0.29, 0.717) is 19.3 Å². The number of aliphatic hydroxyl groups is 5. The van der Waals surface area contributed by atoms with Crippen LogP contribution in [0.4, 0.5) is 0 Å². The number of hydrogen-bond donors (Lipinski definition) is 7. The Morgan fingerprint density at radius 2 is 1.11 bits per heavy atom. The molecule has 0 radical (unpaired) electrons. The van der Waals surface area contributed by atoms with Gasteiger partial charge >= 0.3 is 10.4 Å². The molecule has 7 N–H and O–H groups in total. The van der Waals surface area contributed by atoms with Gasteiger partial charge in [-0.1, -0.05) is 186 Å². The van der Waals surface area contributed by atoms with Crippen LogP contribution in [-0.4, -0.2) is 107 Å². The number of nitrogens with one attached hydrogen (secondary N) is 1. The number of carbonyl (C=O) groups excluding carboxylic acids is 1. The molecule has 0 spiro atoms. The van der Waals surface area contributed by atoms with Crippen LogP contribution in [0.1, 0.15) is 213 Å². The van der Waals surface area contributed by atoms with E-state index in [4.69, 9.17) is 9.47 Å². The Morgan fingerprint density at radius 1 is 0.661 bits per heavy atom. The molecule has 13 nitrogen and oxygen atoms in total. The van der Waals surface area contributed by atoms with E-state index < -0.39 is 72.6 Å². The summed E-state index contributed by atoms with van der Waals surface area (Å²) < 4.78 is 47.6. The van der Waals surface area contributed by atoms with Crippen LogP contribution in [0.25, 0.3) is 0 Å². The molecule has 1 aliphatic heterocycles. The van der Waals surface area contributed by atoms with Gasteiger partial charge in [0.2, 0.25) is 5.91 Å². The molecule has 0 aliphatic carbocycles. The van der Waals surface area contributed by atoms with Gasteiger partial charge < -0.3 is 40.3 Å². The van der Waals surface area contributed by atoms with Crippen molar-refractivity contribution in [2.24, 2.45) is 0 Å². The number of amides is 1. The van der Waals surface area contributed by atoms with Gasteiger partial charge in [-0.2, -0.15) is 8.42 Å². The Balaban J connectivity index is 2.48. The van der Waals surface area contributed by atoms with Gasteiger partial charge in [-0.05, 0) is 44.9 Å². The number of allylic oxidation sites excluding steroid dienone is 4. The number of rotatable bonds is 42. The summed E-state index contributed by atoms with van der Waals surface area (Å²) in [4.78, 5) is 13.1. The van der Waals surface area contributed by atoms with Gasteiger partial charge in [0.1, 0.15) is 30.5 Å². The molecule has 366 valence electrons. The first-order chi connectivity index (χ1) is 29.9. The van der Waals surface area contributed by atoms with Crippen LogP contribution in [0.15, 0.2) is 24.3 Å². The quantitative estimate of drug-likeness (QED) is 0.0174. The predicted molar refractivity (Wildman–Crippen MR) is 247 cm³/mol. The molecule has 14 heteroatoms. The Kier molecular flexibility index (Phi) is 36.6. The van der Waals surface area contributed by atoms with Gasteiger partial charge in [-0.15, -0.1) is 0 Å². The van der Waals surface area contributed by atoms with Crippen LogP contribution in [0.2, 0.25) is 0 Å². The molecule has 1 fully saturated rings. The first-order valence-electron chi connectivity index (χ1n) is 24.8. The molecular formula is C48H91NO12S. The van der Waals surface area contributed by atoms with E-state index in [-0.39, 0.29) is 12.3 Å². The molecule has 8 atom stereocenters. The largest absolute Gasteiger partial charge is 0.397 e. The fourth-order valence-electron chi connectivity index (χ4n) is 7.94. The van der Waals surface area contributed by atoms with Gasteiger partial charge in [-0.25, -0.2) is 4.18 Å². The second-order valence-corrected chi connectivity index (χ2v) is 18.6. The summed E-state index contributed by atoms with van der Waals surface area (Å²) in [7, 11) is -5.12.